The molecule has 0 aliphatic heterocycles. The van der Waals surface area contributed by atoms with Gasteiger partial charge in [-0.15, -0.1) is 0 Å². The number of carbonyl (C=O) groups is 1. The Hall–Kier alpha value is -3.69. The third-order valence-corrected chi connectivity index (χ3v) is 6.86. The van der Waals surface area contributed by atoms with Crippen LogP contribution in [0.3, 0.4) is 0 Å². The van der Waals surface area contributed by atoms with E-state index in [1.165, 1.54) is 19.2 Å². The van der Waals surface area contributed by atoms with E-state index in [1.54, 1.807) is 66.7 Å². The van der Waals surface area contributed by atoms with Gasteiger partial charge in [0.25, 0.3) is 15.9 Å². The highest BCUT2D eigenvalue weighted by Crippen LogP contribution is 2.25. The molecule has 0 aliphatic rings. The number of esters is 1. The van der Waals surface area contributed by atoms with Gasteiger partial charge in [-0.1, -0.05) is 47.1 Å². The number of nitrogens with zero attached hydrogens (tertiary/aromatic N) is 3. The molecule has 0 bridgehead atoms. The van der Waals surface area contributed by atoms with Crippen LogP contribution in [0.1, 0.15) is 16.2 Å². The van der Waals surface area contributed by atoms with Crippen molar-refractivity contribution in [2.75, 3.05) is 11.4 Å². The van der Waals surface area contributed by atoms with Gasteiger partial charge in [-0.3, -0.25) is 4.31 Å². The zero-order valence-corrected chi connectivity index (χ0v) is 19.0. The second-order valence-electron chi connectivity index (χ2n) is 6.90. The number of hydrogen-bond donors (Lipinski definition) is 0. The largest absolute Gasteiger partial charge is 0.452 e. The lowest BCUT2D eigenvalue weighted by molar-refractivity contribution is 0.0425. The van der Waals surface area contributed by atoms with E-state index in [2.05, 4.69) is 10.1 Å². The third kappa shape index (κ3) is 4.89. The molecule has 4 rings (SSSR count). The fourth-order valence-electron chi connectivity index (χ4n) is 3.02. The fraction of sp³-hybridized carbons (Fsp3) is 0.0870. The zero-order valence-electron chi connectivity index (χ0n) is 17.4. The topological polar surface area (TPSA) is 103 Å². The summed E-state index contributed by atoms with van der Waals surface area (Å²) in [6, 6.07) is 21.2. The van der Waals surface area contributed by atoms with Gasteiger partial charge in [0.1, 0.15) is 4.90 Å². The normalized spacial score (nSPS) is 11.2. The second kappa shape index (κ2) is 9.43. The Labute approximate surface area is 195 Å². The Morgan fingerprint density at radius 2 is 1.67 bits per heavy atom. The zero-order chi connectivity index (χ0) is 23.4. The number of para-hydroxylation sites is 1. The summed E-state index contributed by atoms with van der Waals surface area (Å²) in [4.78, 5) is 16.8. The Morgan fingerprint density at radius 1 is 1.00 bits per heavy atom. The summed E-state index contributed by atoms with van der Waals surface area (Å²) in [5, 5.41) is 4.43. The Bertz CT molecular complexity index is 1370. The van der Waals surface area contributed by atoms with Gasteiger partial charge in [0.15, 0.2) is 6.61 Å². The minimum absolute atomic E-state index is 0.0649. The van der Waals surface area contributed by atoms with Crippen molar-refractivity contribution in [1.82, 2.24) is 10.1 Å². The van der Waals surface area contributed by atoms with Crippen LogP contribution >= 0.6 is 11.6 Å². The molecule has 10 heteroatoms. The van der Waals surface area contributed by atoms with Crippen LogP contribution < -0.4 is 4.31 Å². The first-order valence-corrected chi connectivity index (χ1v) is 11.6. The maximum absolute atomic E-state index is 13.2. The number of hydrogen-bond acceptors (Lipinski definition) is 7. The molecule has 8 nitrogen and oxygen atoms in total. The second-order valence-corrected chi connectivity index (χ2v) is 9.27. The molecule has 33 heavy (non-hydrogen) atoms. The van der Waals surface area contributed by atoms with Crippen LogP contribution in [0.4, 0.5) is 5.69 Å². The first kappa shape index (κ1) is 22.5. The quantitative estimate of drug-likeness (QED) is 0.354. The first-order chi connectivity index (χ1) is 15.9. The van der Waals surface area contributed by atoms with Crippen molar-refractivity contribution in [3.8, 4) is 11.4 Å². The summed E-state index contributed by atoms with van der Waals surface area (Å²) in [5.41, 5.74) is 1.04. The van der Waals surface area contributed by atoms with Gasteiger partial charge in [-0.25, -0.2) is 13.2 Å². The minimum Gasteiger partial charge on any atom is -0.452 e. The molecule has 0 fully saturated rings. The number of halogens is 1. The van der Waals surface area contributed by atoms with Gasteiger partial charge in [-0.05, 0) is 48.5 Å². The van der Waals surface area contributed by atoms with Gasteiger partial charge in [-0.2, -0.15) is 4.98 Å². The molecule has 1 heterocycles. The van der Waals surface area contributed by atoms with Gasteiger partial charge in [0.2, 0.25) is 5.82 Å². The predicted molar refractivity (Wildman–Crippen MR) is 122 cm³/mol. The lowest BCUT2D eigenvalue weighted by atomic mass is 10.2. The van der Waals surface area contributed by atoms with E-state index in [0.717, 1.165) is 4.31 Å². The van der Waals surface area contributed by atoms with E-state index in [0.29, 0.717) is 22.1 Å². The van der Waals surface area contributed by atoms with E-state index >= 15 is 0 Å². The highest BCUT2D eigenvalue weighted by Gasteiger charge is 2.27. The number of rotatable bonds is 7. The van der Waals surface area contributed by atoms with Crippen molar-refractivity contribution in [1.29, 1.82) is 0 Å². The molecule has 0 spiro atoms. The Balaban J connectivity index is 1.52. The Kier molecular flexibility index (Phi) is 6.43. The monoisotopic (exact) mass is 483 g/mol. The lowest BCUT2D eigenvalue weighted by Gasteiger charge is -2.20. The summed E-state index contributed by atoms with van der Waals surface area (Å²) in [5.74, 6) is -0.456. The molecular weight excluding hydrogens is 466 g/mol. The maximum atomic E-state index is 13.2. The minimum atomic E-state index is -4.02. The van der Waals surface area contributed by atoms with E-state index < -0.39 is 16.0 Å². The summed E-state index contributed by atoms with van der Waals surface area (Å²) < 4.78 is 37.9. The van der Waals surface area contributed by atoms with Gasteiger partial charge in [0, 0.05) is 17.6 Å². The predicted octanol–water partition coefficient (Wildman–Crippen LogP) is 4.57. The molecule has 0 saturated heterocycles. The maximum Gasteiger partial charge on any atom is 0.340 e. The first-order valence-electron chi connectivity index (χ1n) is 9.75. The number of aromatic nitrogens is 2. The number of benzene rings is 3. The average Bonchev–Trinajstić information content (AvgIpc) is 3.32. The SMILES string of the molecule is CN(c1ccccc1)S(=O)(=O)c1ccccc1C(=O)OCc1nc(-c2ccc(Cl)cc2)no1. The lowest BCUT2D eigenvalue weighted by Crippen LogP contribution is -2.28. The van der Waals surface area contributed by atoms with Crippen LogP contribution in [-0.2, 0) is 21.4 Å². The van der Waals surface area contributed by atoms with E-state index in [-0.39, 0.29) is 23.0 Å². The van der Waals surface area contributed by atoms with Gasteiger partial charge in [0.05, 0.1) is 11.3 Å². The van der Waals surface area contributed by atoms with Crippen molar-refractivity contribution < 1.29 is 22.5 Å². The molecule has 0 aliphatic carbocycles. The summed E-state index contributed by atoms with van der Waals surface area (Å²) in [7, 11) is -2.60. The van der Waals surface area contributed by atoms with Crippen LogP contribution in [0.5, 0.6) is 0 Å². The van der Waals surface area contributed by atoms with E-state index in [9.17, 15) is 13.2 Å². The molecule has 0 unspecified atom stereocenters. The summed E-state index contributed by atoms with van der Waals surface area (Å²) in [6.07, 6.45) is 0. The van der Waals surface area contributed by atoms with Crippen LogP contribution in [0, 0.1) is 0 Å². The molecule has 0 amide bonds. The van der Waals surface area contributed by atoms with Crippen molar-refractivity contribution in [2.45, 2.75) is 11.5 Å². The summed E-state index contributed by atoms with van der Waals surface area (Å²) in [6.45, 7) is -0.317. The number of sulfonamides is 1. The van der Waals surface area contributed by atoms with Crippen molar-refractivity contribution in [3.63, 3.8) is 0 Å². The highest BCUT2D eigenvalue weighted by molar-refractivity contribution is 7.92. The molecule has 0 radical (unpaired) electrons. The van der Waals surface area contributed by atoms with Crippen LogP contribution in [0.15, 0.2) is 88.3 Å². The van der Waals surface area contributed by atoms with E-state index in [4.69, 9.17) is 20.9 Å². The number of ether oxygens (including phenoxy) is 1. The third-order valence-electron chi connectivity index (χ3n) is 4.76. The van der Waals surface area contributed by atoms with Crippen LogP contribution in [0.25, 0.3) is 11.4 Å². The van der Waals surface area contributed by atoms with Crippen LogP contribution in [0.2, 0.25) is 5.02 Å². The molecule has 0 saturated carbocycles. The molecule has 3 aromatic carbocycles. The van der Waals surface area contributed by atoms with Crippen molar-refractivity contribution in [3.05, 3.63) is 95.3 Å². The van der Waals surface area contributed by atoms with E-state index in [1.807, 2.05) is 0 Å². The molecule has 0 atom stereocenters. The van der Waals surface area contributed by atoms with Gasteiger partial charge >= 0.3 is 5.97 Å². The van der Waals surface area contributed by atoms with Gasteiger partial charge < -0.3 is 9.26 Å². The molecule has 0 N–H and O–H groups in total. The highest BCUT2D eigenvalue weighted by atomic mass is 35.5. The fourth-order valence-corrected chi connectivity index (χ4v) is 4.52. The Morgan fingerprint density at radius 3 is 2.39 bits per heavy atom. The molecule has 4 aromatic rings. The van der Waals surface area contributed by atoms with Crippen molar-refractivity contribution >= 4 is 33.3 Å². The average molecular weight is 484 g/mol. The molecule has 168 valence electrons. The smallest absolute Gasteiger partial charge is 0.340 e. The summed E-state index contributed by atoms with van der Waals surface area (Å²) >= 11 is 5.88. The molecular formula is C23H18ClN3O5S. The van der Waals surface area contributed by atoms with Crippen LogP contribution in [-0.4, -0.2) is 31.6 Å². The standard InChI is InChI=1S/C23H18ClN3O5S/c1-27(18-7-3-2-4-8-18)33(29,30)20-10-6-5-9-19(20)23(28)31-15-21-25-22(26-32-21)16-11-13-17(24)14-12-16/h2-14H,15H2,1H3. The number of carbonyl (C=O) groups excluding carboxylic acids is 1. The van der Waals surface area contributed by atoms with Crippen molar-refractivity contribution in [2.24, 2.45) is 0 Å². The number of anilines is 1. The molecule has 1 aromatic heterocycles.